The van der Waals surface area contributed by atoms with Crippen molar-refractivity contribution in [3.8, 4) is 0 Å². The van der Waals surface area contributed by atoms with Crippen molar-refractivity contribution in [2.75, 3.05) is 26.3 Å². The van der Waals surface area contributed by atoms with Gasteiger partial charge in [-0.05, 0) is 38.1 Å². The first-order valence-electron chi connectivity index (χ1n) is 7.38. The summed E-state index contributed by atoms with van der Waals surface area (Å²) in [7, 11) is 0. The number of amides is 1. The number of hydrogen-bond acceptors (Lipinski definition) is 4. The zero-order chi connectivity index (χ0) is 14.6. The molecule has 0 bridgehead atoms. The Kier molecular flexibility index (Phi) is 4.99. The normalized spacial score (nSPS) is 29.1. The molecule has 20 heavy (non-hydrogen) atoms. The van der Waals surface area contributed by atoms with E-state index < -0.39 is 11.4 Å². The van der Waals surface area contributed by atoms with Gasteiger partial charge in [0.2, 0.25) is 5.91 Å². The van der Waals surface area contributed by atoms with Crippen molar-refractivity contribution in [3.63, 3.8) is 0 Å². The van der Waals surface area contributed by atoms with E-state index in [1.165, 1.54) is 0 Å². The number of hydrogen-bond donors (Lipinski definition) is 3. The van der Waals surface area contributed by atoms with E-state index in [9.17, 15) is 14.7 Å². The van der Waals surface area contributed by atoms with Crippen molar-refractivity contribution in [1.29, 1.82) is 0 Å². The maximum Gasteiger partial charge on any atom is 0.311 e. The molecule has 114 valence electrons. The summed E-state index contributed by atoms with van der Waals surface area (Å²) >= 11 is 0. The van der Waals surface area contributed by atoms with Gasteiger partial charge < -0.3 is 20.9 Å². The van der Waals surface area contributed by atoms with E-state index in [1.807, 2.05) is 0 Å². The molecule has 2 fully saturated rings. The summed E-state index contributed by atoms with van der Waals surface area (Å²) in [5.41, 5.74) is 4.81. The second-order valence-electron chi connectivity index (χ2n) is 5.95. The van der Waals surface area contributed by atoms with Crippen LogP contribution in [0.4, 0.5) is 0 Å². The largest absolute Gasteiger partial charge is 0.481 e. The Morgan fingerprint density at radius 3 is 2.60 bits per heavy atom. The predicted molar refractivity (Wildman–Crippen MR) is 73.0 cm³/mol. The maximum absolute atomic E-state index is 12.2. The molecule has 0 spiro atoms. The molecule has 6 nitrogen and oxygen atoms in total. The fourth-order valence-corrected chi connectivity index (χ4v) is 3.28. The zero-order valence-corrected chi connectivity index (χ0v) is 11.8. The van der Waals surface area contributed by atoms with Gasteiger partial charge in [0.05, 0.1) is 5.41 Å². The molecule has 2 rings (SSSR count). The fourth-order valence-electron chi connectivity index (χ4n) is 3.28. The number of carboxylic acid groups (broad SMARTS) is 1. The van der Waals surface area contributed by atoms with Crippen LogP contribution in [-0.2, 0) is 14.3 Å². The van der Waals surface area contributed by atoms with Gasteiger partial charge in [-0.3, -0.25) is 9.59 Å². The molecule has 1 saturated carbocycles. The van der Waals surface area contributed by atoms with Crippen LogP contribution in [0, 0.1) is 17.3 Å². The lowest BCUT2D eigenvalue weighted by molar-refractivity contribution is -0.154. The Bertz CT molecular complexity index is 366. The second-order valence-corrected chi connectivity index (χ2v) is 5.95. The molecule has 0 radical (unpaired) electrons. The van der Waals surface area contributed by atoms with E-state index in [0.717, 1.165) is 19.3 Å². The standard InChI is InChI=1S/C14H24N2O4/c15-8-10-2-1-3-11(10)12(17)16-9-14(13(18)19)4-6-20-7-5-14/h10-11H,1-9,15H2,(H,16,17)(H,18,19). The van der Waals surface area contributed by atoms with E-state index >= 15 is 0 Å². The average molecular weight is 284 g/mol. The summed E-state index contributed by atoms with van der Waals surface area (Å²) in [4.78, 5) is 23.7. The minimum absolute atomic E-state index is 0.0370. The van der Waals surface area contributed by atoms with Crippen molar-refractivity contribution < 1.29 is 19.4 Å². The number of nitrogens with one attached hydrogen (secondary N) is 1. The molecule has 0 aromatic rings. The average Bonchev–Trinajstić information content (AvgIpc) is 2.94. The Morgan fingerprint density at radius 2 is 2.00 bits per heavy atom. The van der Waals surface area contributed by atoms with Crippen LogP contribution in [0.15, 0.2) is 0 Å². The summed E-state index contributed by atoms with van der Waals surface area (Å²) in [6.07, 6.45) is 3.78. The Hall–Kier alpha value is -1.14. The minimum Gasteiger partial charge on any atom is -0.481 e. The van der Waals surface area contributed by atoms with Crippen molar-refractivity contribution >= 4 is 11.9 Å². The number of carbonyl (C=O) groups excluding carboxylic acids is 1. The van der Waals surface area contributed by atoms with Crippen LogP contribution in [0.1, 0.15) is 32.1 Å². The number of ether oxygens (including phenoxy) is 1. The van der Waals surface area contributed by atoms with Crippen LogP contribution < -0.4 is 11.1 Å². The van der Waals surface area contributed by atoms with Crippen LogP contribution in [0.2, 0.25) is 0 Å². The molecular weight excluding hydrogens is 260 g/mol. The van der Waals surface area contributed by atoms with Crippen LogP contribution in [0.5, 0.6) is 0 Å². The highest BCUT2D eigenvalue weighted by molar-refractivity contribution is 5.81. The lowest BCUT2D eigenvalue weighted by Gasteiger charge is -2.33. The number of aliphatic carboxylic acids is 1. The molecule has 0 aromatic carbocycles. The maximum atomic E-state index is 12.2. The Balaban J connectivity index is 1.92. The third-order valence-corrected chi connectivity index (χ3v) is 4.80. The molecule has 2 aliphatic rings. The summed E-state index contributed by atoms with van der Waals surface area (Å²) in [5.74, 6) is -0.691. The Labute approximate surface area is 119 Å². The van der Waals surface area contributed by atoms with Gasteiger partial charge >= 0.3 is 5.97 Å². The topological polar surface area (TPSA) is 102 Å². The van der Waals surface area contributed by atoms with Crippen LogP contribution >= 0.6 is 0 Å². The van der Waals surface area contributed by atoms with Crippen molar-refractivity contribution in [3.05, 3.63) is 0 Å². The van der Waals surface area contributed by atoms with E-state index in [4.69, 9.17) is 10.5 Å². The van der Waals surface area contributed by atoms with Crippen molar-refractivity contribution in [2.24, 2.45) is 23.0 Å². The number of rotatable bonds is 5. The third kappa shape index (κ3) is 3.12. The first kappa shape index (κ1) is 15.3. The molecule has 1 heterocycles. The lowest BCUT2D eigenvalue weighted by Crippen LogP contribution is -2.48. The summed E-state index contributed by atoms with van der Waals surface area (Å²) < 4.78 is 5.22. The first-order chi connectivity index (χ1) is 9.59. The number of carboxylic acids is 1. The Morgan fingerprint density at radius 1 is 1.30 bits per heavy atom. The van der Waals surface area contributed by atoms with Gasteiger partial charge in [-0.1, -0.05) is 6.42 Å². The molecule has 0 aromatic heterocycles. The zero-order valence-electron chi connectivity index (χ0n) is 11.8. The van der Waals surface area contributed by atoms with Gasteiger partial charge in [-0.25, -0.2) is 0 Å². The highest BCUT2D eigenvalue weighted by Crippen LogP contribution is 2.33. The summed E-state index contributed by atoms with van der Waals surface area (Å²) in [6, 6.07) is 0. The molecule has 1 aliphatic heterocycles. The molecule has 1 aliphatic carbocycles. The monoisotopic (exact) mass is 284 g/mol. The van der Waals surface area contributed by atoms with Gasteiger partial charge in [0, 0.05) is 25.7 Å². The van der Waals surface area contributed by atoms with Gasteiger partial charge in [0.25, 0.3) is 0 Å². The predicted octanol–water partition coefficient (Wildman–Crippen LogP) is 0.359. The van der Waals surface area contributed by atoms with E-state index in [-0.39, 0.29) is 24.3 Å². The molecule has 4 N–H and O–H groups in total. The van der Waals surface area contributed by atoms with Gasteiger partial charge in [0.1, 0.15) is 0 Å². The second kappa shape index (κ2) is 6.54. The van der Waals surface area contributed by atoms with Gasteiger partial charge in [-0.15, -0.1) is 0 Å². The van der Waals surface area contributed by atoms with Gasteiger partial charge in [0.15, 0.2) is 0 Å². The summed E-state index contributed by atoms with van der Waals surface area (Å²) in [6.45, 7) is 1.60. The highest BCUT2D eigenvalue weighted by atomic mass is 16.5. The SMILES string of the molecule is NCC1CCCC1C(=O)NCC1(C(=O)O)CCOCC1. The summed E-state index contributed by atoms with van der Waals surface area (Å²) in [5, 5.41) is 12.3. The van der Waals surface area contributed by atoms with Crippen molar-refractivity contribution in [1.82, 2.24) is 5.32 Å². The van der Waals surface area contributed by atoms with Crippen molar-refractivity contribution in [2.45, 2.75) is 32.1 Å². The van der Waals surface area contributed by atoms with Gasteiger partial charge in [-0.2, -0.15) is 0 Å². The quantitative estimate of drug-likeness (QED) is 0.676. The van der Waals surface area contributed by atoms with E-state index in [0.29, 0.717) is 32.6 Å². The third-order valence-electron chi connectivity index (χ3n) is 4.80. The molecule has 6 heteroatoms. The molecule has 1 saturated heterocycles. The van der Waals surface area contributed by atoms with E-state index in [2.05, 4.69) is 5.32 Å². The molecule has 2 unspecified atom stereocenters. The van der Waals surface area contributed by atoms with Crippen LogP contribution in [0.25, 0.3) is 0 Å². The van der Waals surface area contributed by atoms with Crippen LogP contribution in [0.3, 0.4) is 0 Å². The first-order valence-corrected chi connectivity index (χ1v) is 7.38. The molecule has 1 amide bonds. The smallest absolute Gasteiger partial charge is 0.311 e. The molecular formula is C14H24N2O4. The number of carbonyl (C=O) groups is 2. The van der Waals surface area contributed by atoms with E-state index in [1.54, 1.807) is 0 Å². The van der Waals surface area contributed by atoms with Crippen LogP contribution in [-0.4, -0.2) is 43.3 Å². The lowest BCUT2D eigenvalue weighted by atomic mass is 9.80. The minimum atomic E-state index is -0.870. The fraction of sp³-hybridized carbons (Fsp3) is 0.857. The molecule has 2 atom stereocenters. The number of nitrogens with two attached hydrogens (primary N) is 1. The highest BCUT2D eigenvalue weighted by Gasteiger charge is 2.41.